The zero-order valence-corrected chi connectivity index (χ0v) is 12.6. The Hall–Kier alpha value is -2.74. The van der Waals surface area contributed by atoms with Crippen molar-refractivity contribution in [1.29, 1.82) is 0 Å². The lowest BCUT2D eigenvalue weighted by molar-refractivity contribution is 0.415. The number of fused-ring (bicyclic) bond motifs is 1. The Morgan fingerprint density at radius 2 is 1.68 bits per heavy atom. The minimum atomic E-state index is 0.0676. The zero-order valence-electron chi connectivity index (χ0n) is 12.6. The van der Waals surface area contributed by atoms with Crippen LogP contribution >= 0.6 is 0 Å². The van der Waals surface area contributed by atoms with Crippen LogP contribution in [0.3, 0.4) is 0 Å². The zero-order chi connectivity index (χ0) is 15.4. The van der Waals surface area contributed by atoms with E-state index in [4.69, 9.17) is 4.74 Å². The molecule has 0 fully saturated rings. The molecule has 110 valence electrons. The van der Waals surface area contributed by atoms with Gasteiger partial charge in [-0.2, -0.15) is 0 Å². The van der Waals surface area contributed by atoms with E-state index in [-0.39, 0.29) is 6.04 Å². The predicted octanol–water partition coefficient (Wildman–Crippen LogP) is 5.19. The maximum absolute atomic E-state index is 5.19. The van der Waals surface area contributed by atoms with Gasteiger partial charge in [-0.05, 0) is 46.7 Å². The fourth-order valence-corrected chi connectivity index (χ4v) is 2.55. The average molecular weight is 289 g/mol. The Kier molecular flexibility index (Phi) is 4.10. The molecular formula is C20H19NO. The molecule has 3 aromatic rings. The summed E-state index contributed by atoms with van der Waals surface area (Å²) in [6.07, 6.45) is 1.92. The number of methoxy groups -OCH3 is 1. The first kappa shape index (κ1) is 14.2. The van der Waals surface area contributed by atoms with Crippen molar-refractivity contribution >= 4 is 16.5 Å². The van der Waals surface area contributed by atoms with Crippen molar-refractivity contribution in [2.75, 3.05) is 12.4 Å². The van der Waals surface area contributed by atoms with Gasteiger partial charge in [0.05, 0.1) is 13.2 Å². The number of ether oxygens (including phenoxy) is 1. The first-order valence-corrected chi connectivity index (χ1v) is 7.32. The third-order valence-corrected chi connectivity index (χ3v) is 3.78. The quantitative estimate of drug-likeness (QED) is 0.653. The van der Waals surface area contributed by atoms with Crippen LogP contribution in [0.4, 0.5) is 5.69 Å². The van der Waals surface area contributed by atoms with E-state index in [1.165, 1.54) is 16.3 Å². The van der Waals surface area contributed by atoms with Crippen molar-refractivity contribution in [3.8, 4) is 5.75 Å². The highest BCUT2D eigenvalue weighted by Crippen LogP contribution is 2.25. The molecule has 0 aliphatic rings. The number of rotatable bonds is 5. The molecule has 0 amide bonds. The van der Waals surface area contributed by atoms with Gasteiger partial charge in [0.2, 0.25) is 0 Å². The Bertz CT molecular complexity index is 777. The van der Waals surface area contributed by atoms with Gasteiger partial charge >= 0.3 is 0 Å². The molecule has 0 aliphatic heterocycles. The monoisotopic (exact) mass is 289 g/mol. The summed E-state index contributed by atoms with van der Waals surface area (Å²) in [6.45, 7) is 3.96. The van der Waals surface area contributed by atoms with Crippen LogP contribution in [0.15, 0.2) is 79.4 Å². The van der Waals surface area contributed by atoms with Crippen molar-refractivity contribution in [1.82, 2.24) is 0 Å². The Morgan fingerprint density at radius 1 is 0.955 bits per heavy atom. The lowest BCUT2D eigenvalue weighted by atomic mass is 10.0. The molecule has 0 heterocycles. The standard InChI is InChI=1S/C20H19NO/c1-3-20(21-18-10-12-19(22-2)13-11-18)17-9-8-15-6-4-5-7-16(15)14-17/h3-14,20-21H,1H2,2H3/t20-/m1/s1. The van der Waals surface area contributed by atoms with Crippen molar-refractivity contribution in [3.05, 3.63) is 84.9 Å². The summed E-state index contributed by atoms with van der Waals surface area (Å²) in [4.78, 5) is 0. The normalized spacial score (nSPS) is 11.9. The molecule has 0 aliphatic carbocycles. The van der Waals surface area contributed by atoms with Gasteiger partial charge in [-0.1, -0.05) is 42.5 Å². The van der Waals surface area contributed by atoms with Crippen molar-refractivity contribution in [3.63, 3.8) is 0 Å². The smallest absolute Gasteiger partial charge is 0.119 e. The molecule has 0 aromatic heterocycles. The SMILES string of the molecule is C=C[C@@H](Nc1ccc(OC)cc1)c1ccc2ccccc2c1. The summed E-state index contributed by atoms with van der Waals surface area (Å²) >= 11 is 0. The van der Waals surface area contributed by atoms with Crippen LogP contribution in [0.25, 0.3) is 10.8 Å². The molecular weight excluding hydrogens is 270 g/mol. The lowest BCUT2D eigenvalue weighted by Gasteiger charge is -2.17. The second-order valence-electron chi connectivity index (χ2n) is 5.19. The fourth-order valence-electron chi connectivity index (χ4n) is 2.55. The summed E-state index contributed by atoms with van der Waals surface area (Å²) in [6, 6.07) is 22.9. The average Bonchev–Trinajstić information content (AvgIpc) is 2.59. The highest BCUT2D eigenvalue weighted by Gasteiger charge is 2.08. The van der Waals surface area contributed by atoms with Gasteiger partial charge in [0.1, 0.15) is 5.75 Å². The third-order valence-electron chi connectivity index (χ3n) is 3.78. The Balaban J connectivity index is 1.86. The first-order chi connectivity index (χ1) is 10.8. The molecule has 2 heteroatoms. The summed E-state index contributed by atoms with van der Waals surface area (Å²) in [5.41, 5.74) is 2.24. The van der Waals surface area contributed by atoms with Crippen LogP contribution in [0, 0.1) is 0 Å². The van der Waals surface area contributed by atoms with Crippen LogP contribution in [-0.2, 0) is 0 Å². The van der Waals surface area contributed by atoms with Crippen LogP contribution in [0.2, 0.25) is 0 Å². The topological polar surface area (TPSA) is 21.3 Å². The second-order valence-corrected chi connectivity index (χ2v) is 5.19. The maximum atomic E-state index is 5.19. The Labute approximate surface area is 131 Å². The minimum absolute atomic E-state index is 0.0676. The summed E-state index contributed by atoms with van der Waals surface area (Å²) in [5, 5.41) is 5.98. The van der Waals surface area contributed by atoms with E-state index in [1.807, 2.05) is 30.3 Å². The predicted molar refractivity (Wildman–Crippen MR) is 93.5 cm³/mol. The Morgan fingerprint density at radius 3 is 2.36 bits per heavy atom. The first-order valence-electron chi connectivity index (χ1n) is 7.32. The molecule has 0 saturated carbocycles. The number of nitrogens with one attached hydrogen (secondary N) is 1. The second kappa shape index (κ2) is 6.35. The molecule has 0 spiro atoms. The van der Waals surface area contributed by atoms with Crippen LogP contribution in [-0.4, -0.2) is 7.11 Å². The molecule has 2 nitrogen and oxygen atoms in total. The van der Waals surface area contributed by atoms with Crippen LogP contribution in [0.1, 0.15) is 11.6 Å². The van der Waals surface area contributed by atoms with Gasteiger partial charge in [0.25, 0.3) is 0 Å². The molecule has 0 radical (unpaired) electrons. The van der Waals surface area contributed by atoms with Gasteiger partial charge in [0.15, 0.2) is 0 Å². The molecule has 0 unspecified atom stereocenters. The van der Waals surface area contributed by atoms with Crippen LogP contribution < -0.4 is 10.1 Å². The van der Waals surface area contributed by atoms with Crippen molar-refractivity contribution < 1.29 is 4.74 Å². The molecule has 22 heavy (non-hydrogen) atoms. The van der Waals surface area contributed by atoms with Gasteiger partial charge in [-0.15, -0.1) is 6.58 Å². The van der Waals surface area contributed by atoms with Gasteiger partial charge in [-0.3, -0.25) is 0 Å². The molecule has 3 aromatic carbocycles. The third kappa shape index (κ3) is 2.96. The van der Waals surface area contributed by atoms with E-state index in [2.05, 4.69) is 54.4 Å². The van der Waals surface area contributed by atoms with E-state index in [0.717, 1.165) is 11.4 Å². The number of anilines is 1. The van der Waals surface area contributed by atoms with Gasteiger partial charge in [-0.25, -0.2) is 0 Å². The number of benzene rings is 3. The molecule has 1 N–H and O–H groups in total. The van der Waals surface area contributed by atoms with Gasteiger partial charge in [0, 0.05) is 5.69 Å². The highest BCUT2D eigenvalue weighted by atomic mass is 16.5. The summed E-state index contributed by atoms with van der Waals surface area (Å²) in [5.74, 6) is 0.853. The van der Waals surface area contributed by atoms with E-state index in [9.17, 15) is 0 Å². The van der Waals surface area contributed by atoms with Crippen molar-refractivity contribution in [2.45, 2.75) is 6.04 Å². The number of hydrogen-bond donors (Lipinski definition) is 1. The van der Waals surface area contributed by atoms with E-state index < -0.39 is 0 Å². The van der Waals surface area contributed by atoms with E-state index in [1.54, 1.807) is 7.11 Å². The van der Waals surface area contributed by atoms with E-state index in [0.29, 0.717) is 0 Å². The summed E-state index contributed by atoms with van der Waals surface area (Å²) in [7, 11) is 1.67. The molecule has 1 atom stereocenters. The molecule has 0 saturated heterocycles. The van der Waals surface area contributed by atoms with Crippen molar-refractivity contribution in [2.24, 2.45) is 0 Å². The lowest BCUT2D eigenvalue weighted by Crippen LogP contribution is -2.07. The maximum Gasteiger partial charge on any atom is 0.119 e. The largest absolute Gasteiger partial charge is 0.497 e. The summed E-state index contributed by atoms with van der Waals surface area (Å²) < 4.78 is 5.19. The van der Waals surface area contributed by atoms with Crippen LogP contribution in [0.5, 0.6) is 5.75 Å². The molecule has 0 bridgehead atoms. The number of hydrogen-bond acceptors (Lipinski definition) is 2. The van der Waals surface area contributed by atoms with E-state index >= 15 is 0 Å². The van der Waals surface area contributed by atoms with Gasteiger partial charge < -0.3 is 10.1 Å². The minimum Gasteiger partial charge on any atom is -0.497 e. The highest BCUT2D eigenvalue weighted by molar-refractivity contribution is 5.83. The molecule has 3 rings (SSSR count). The fraction of sp³-hybridized carbons (Fsp3) is 0.100.